The summed E-state index contributed by atoms with van der Waals surface area (Å²) < 4.78 is 5.67. The Morgan fingerprint density at radius 2 is 1.41 bits per heavy atom. The van der Waals surface area contributed by atoms with Gasteiger partial charge in [-0.05, 0) is 41.5 Å². The van der Waals surface area contributed by atoms with Crippen molar-refractivity contribution in [3.8, 4) is 5.75 Å². The zero-order valence-corrected chi connectivity index (χ0v) is 23.1. The smallest absolute Gasteiger partial charge is 0.260 e. The Balaban J connectivity index is 1.40. The second kappa shape index (κ2) is 13.2. The molecule has 1 aliphatic heterocycles. The number of carbonyl (C=O) groups is 3. The maximum absolute atomic E-state index is 14.0. The number of amides is 3. The van der Waals surface area contributed by atoms with Gasteiger partial charge in [0.2, 0.25) is 5.91 Å². The summed E-state index contributed by atoms with van der Waals surface area (Å²) in [5.74, 6) is -0.363. The van der Waals surface area contributed by atoms with Crippen molar-refractivity contribution in [1.82, 2.24) is 15.1 Å². The maximum Gasteiger partial charge on any atom is 0.260 e. The number of nitrogens with one attached hydrogen (secondary N) is 1. The van der Waals surface area contributed by atoms with Crippen LogP contribution in [0.25, 0.3) is 0 Å². The molecule has 3 amide bonds. The third kappa shape index (κ3) is 6.94. The standard InChI is InChI=1S/C33H30ClN3O4/c34-27-16-10-15-26(21-27)33(40)37-20-19-36(30(38)23-41-28-17-8-3-9-18-28)22-29(37)32(39)35-31(24-11-4-1-5-12-24)25-13-6-2-7-14-25/h1-18,21,29,31H,19-20,22-23H2,(H,35,39). The van der Waals surface area contributed by atoms with Gasteiger partial charge in [0.05, 0.1) is 12.6 Å². The van der Waals surface area contributed by atoms with E-state index in [9.17, 15) is 14.4 Å². The zero-order valence-electron chi connectivity index (χ0n) is 22.4. The first kappa shape index (κ1) is 27.9. The fourth-order valence-corrected chi connectivity index (χ4v) is 5.10. The predicted octanol–water partition coefficient (Wildman–Crippen LogP) is 4.98. The van der Waals surface area contributed by atoms with E-state index in [1.165, 1.54) is 4.90 Å². The lowest BCUT2D eigenvalue weighted by molar-refractivity contribution is -0.139. The van der Waals surface area contributed by atoms with Crippen LogP contribution in [-0.2, 0) is 9.59 Å². The van der Waals surface area contributed by atoms with Crippen LogP contribution in [0.2, 0.25) is 5.02 Å². The molecule has 1 unspecified atom stereocenters. The maximum atomic E-state index is 14.0. The summed E-state index contributed by atoms with van der Waals surface area (Å²) >= 11 is 6.16. The Bertz CT molecular complexity index is 1440. The quantitative estimate of drug-likeness (QED) is 0.326. The number of ether oxygens (including phenoxy) is 1. The molecule has 0 radical (unpaired) electrons. The monoisotopic (exact) mass is 567 g/mol. The zero-order chi connectivity index (χ0) is 28.6. The van der Waals surface area contributed by atoms with Crippen LogP contribution in [0, 0.1) is 0 Å². The van der Waals surface area contributed by atoms with Gasteiger partial charge in [0.15, 0.2) is 6.61 Å². The first-order valence-electron chi connectivity index (χ1n) is 13.4. The summed E-state index contributed by atoms with van der Waals surface area (Å²) in [7, 11) is 0. The number of piperazine rings is 1. The number of rotatable bonds is 8. The van der Waals surface area contributed by atoms with Crippen molar-refractivity contribution in [3.63, 3.8) is 0 Å². The lowest BCUT2D eigenvalue weighted by atomic mass is 9.98. The number of hydrogen-bond donors (Lipinski definition) is 1. The SMILES string of the molecule is O=C(NC(c1ccccc1)c1ccccc1)C1CN(C(=O)COc2ccccc2)CCN1C(=O)c1cccc(Cl)c1. The van der Waals surface area contributed by atoms with Crippen molar-refractivity contribution in [1.29, 1.82) is 0 Å². The van der Waals surface area contributed by atoms with Crippen LogP contribution in [0.15, 0.2) is 115 Å². The highest BCUT2D eigenvalue weighted by atomic mass is 35.5. The molecule has 1 heterocycles. The van der Waals surface area contributed by atoms with E-state index in [1.807, 2.05) is 78.9 Å². The molecule has 1 N–H and O–H groups in total. The molecular weight excluding hydrogens is 538 g/mol. The Morgan fingerprint density at radius 1 is 0.805 bits per heavy atom. The molecule has 208 valence electrons. The summed E-state index contributed by atoms with van der Waals surface area (Å²) in [5, 5.41) is 3.58. The van der Waals surface area contributed by atoms with E-state index in [-0.39, 0.29) is 44.0 Å². The van der Waals surface area contributed by atoms with Crippen molar-refractivity contribution < 1.29 is 19.1 Å². The molecule has 41 heavy (non-hydrogen) atoms. The molecule has 0 aliphatic carbocycles. The lowest BCUT2D eigenvalue weighted by Crippen LogP contribution is -2.62. The summed E-state index contributed by atoms with van der Waals surface area (Å²) in [4.78, 5) is 43.9. The number of carbonyl (C=O) groups excluding carboxylic acids is 3. The highest BCUT2D eigenvalue weighted by Gasteiger charge is 2.38. The molecule has 7 nitrogen and oxygen atoms in total. The minimum atomic E-state index is -0.925. The van der Waals surface area contributed by atoms with Gasteiger partial charge in [0.25, 0.3) is 11.8 Å². The van der Waals surface area contributed by atoms with Crippen LogP contribution in [0.3, 0.4) is 0 Å². The summed E-state index contributed by atoms with van der Waals surface area (Å²) in [5.41, 5.74) is 2.18. The van der Waals surface area contributed by atoms with Crippen molar-refractivity contribution in [2.24, 2.45) is 0 Å². The van der Waals surface area contributed by atoms with Crippen LogP contribution >= 0.6 is 11.6 Å². The number of nitrogens with zero attached hydrogens (tertiary/aromatic N) is 2. The van der Waals surface area contributed by atoms with Crippen LogP contribution in [0.5, 0.6) is 5.75 Å². The fourth-order valence-electron chi connectivity index (χ4n) is 4.91. The van der Waals surface area contributed by atoms with E-state index in [1.54, 1.807) is 41.3 Å². The van der Waals surface area contributed by atoms with Gasteiger partial charge in [0.1, 0.15) is 11.8 Å². The van der Waals surface area contributed by atoms with Crippen LogP contribution in [0.4, 0.5) is 0 Å². The van der Waals surface area contributed by atoms with Crippen LogP contribution in [-0.4, -0.2) is 59.8 Å². The van der Waals surface area contributed by atoms with Gasteiger partial charge >= 0.3 is 0 Å². The minimum absolute atomic E-state index is 0.0332. The molecule has 1 fully saturated rings. The van der Waals surface area contributed by atoms with Crippen molar-refractivity contribution in [2.45, 2.75) is 12.1 Å². The van der Waals surface area contributed by atoms with E-state index in [2.05, 4.69) is 5.32 Å². The van der Waals surface area contributed by atoms with Gasteiger partial charge in [-0.1, -0.05) is 96.5 Å². The number of para-hydroxylation sites is 1. The van der Waals surface area contributed by atoms with E-state index < -0.39 is 12.1 Å². The van der Waals surface area contributed by atoms with Gasteiger partial charge in [-0.3, -0.25) is 14.4 Å². The van der Waals surface area contributed by atoms with Crippen LogP contribution in [0.1, 0.15) is 27.5 Å². The topological polar surface area (TPSA) is 79.0 Å². The van der Waals surface area contributed by atoms with Crippen molar-refractivity contribution in [3.05, 3.63) is 137 Å². The summed E-state index contributed by atoms with van der Waals surface area (Å²) in [6.45, 7) is 0.318. The normalized spacial score (nSPS) is 14.9. The number of benzene rings is 4. The van der Waals surface area contributed by atoms with Gasteiger partial charge in [-0.25, -0.2) is 0 Å². The molecule has 1 atom stereocenters. The highest BCUT2D eigenvalue weighted by Crippen LogP contribution is 2.24. The average Bonchev–Trinajstić information content (AvgIpc) is 3.03. The molecule has 0 saturated carbocycles. The Kier molecular flexibility index (Phi) is 8.96. The molecule has 5 rings (SSSR count). The summed E-state index contributed by atoms with van der Waals surface area (Å²) in [6, 6.07) is 33.7. The largest absolute Gasteiger partial charge is 0.484 e. The molecule has 4 aromatic rings. The molecule has 0 bridgehead atoms. The molecule has 1 saturated heterocycles. The first-order chi connectivity index (χ1) is 20.0. The molecular formula is C33H30ClN3O4. The highest BCUT2D eigenvalue weighted by molar-refractivity contribution is 6.31. The fraction of sp³-hybridized carbons (Fsp3) is 0.182. The van der Waals surface area contributed by atoms with Crippen molar-refractivity contribution in [2.75, 3.05) is 26.2 Å². The second-order valence-corrected chi connectivity index (χ2v) is 10.2. The Labute approximate surface area is 244 Å². The van der Waals surface area contributed by atoms with Gasteiger partial charge in [-0.2, -0.15) is 0 Å². The van der Waals surface area contributed by atoms with Crippen LogP contribution < -0.4 is 10.1 Å². The van der Waals surface area contributed by atoms with Gasteiger partial charge < -0.3 is 19.9 Å². The van der Waals surface area contributed by atoms with Gasteiger partial charge in [0, 0.05) is 23.7 Å². The lowest BCUT2D eigenvalue weighted by Gasteiger charge is -2.41. The molecule has 4 aromatic carbocycles. The molecule has 0 aromatic heterocycles. The second-order valence-electron chi connectivity index (χ2n) is 9.73. The third-order valence-electron chi connectivity index (χ3n) is 7.03. The Morgan fingerprint density at radius 3 is 2.02 bits per heavy atom. The molecule has 1 aliphatic rings. The molecule has 8 heteroatoms. The Hall–Kier alpha value is -4.62. The van der Waals surface area contributed by atoms with Gasteiger partial charge in [-0.15, -0.1) is 0 Å². The summed E-state index contributed by atoms with van der Waals surface area (Å²) in [6.07, 6.45) is 0. The van der Waals surface area contributed by atoms with E-state index >= 15 is 0 Å². The predicted molar refractivity (Wildman–Crippen MR) is 158 cm³/mol. The number of halogens is 1. The number of hydrogen-bond acceptors (Lipinski definition) is 4. The minimum Gasteiger partial charge on any atom is -0.484 e. The first-order valence-corrected chi connectivity index (χ1v) is 13.8. The van der Waals surface area contributed by atoms with Crippen molar-refractivity contribution >= 4 is 29.3 Å². The van der Waals surface area contributed by atoms with E-state index in [0.29, 0.717) is 16.3 Å². The third-order valence-corrected chi connectivity index (χ3v) is 7.26. The average molecular weight is 568 g/mol. The molecule has 0 spiro atoms. The van der Waals surface area contributed by atoms with E-state index in [4.69, 9.17) is 16.3 Å². The van der Waals surface area contributed by atoms with E-state index in [0.717, 1.165) is 11.1 Å².